The predicted octanol–water partition coefficient (Wildman–Crippen LogP) is 1.03. The lowest BCUT2D eigenvalue weighted by molar-refractivity contribution is 0.619. The summed E-state index contributed by atoms with van der Waals surface area (Å²) in [6.45, 7) is 4.24. The van der Waals surface area contributed by atoms with E-state index >= 15 is 0 Å². The zero-order valence-corrected chi connectivity index (χ0v) is 6.33. The van der Waals surface area contributed by atoms with Gasteiger partial charge in [-0.05, 0) is 19.4 Å². The van der Waals surface area contributed by atoms with E-state index in [4.69, 9.17) is 0 Å². The second-order valence-corrected chi connectivity index (χ2v) is 2.33. The van der Waals surface area contributed by atoms with Crippen LogP contribution in [0.2, 0.25) is 0 Å². The van der Waals surface area contributed by atoms with Gasteiger partial charge in [0.1, 0.15) is 6.20 Å². The fourth-order valence-electron chi connectivity index (χ4n) is 0.622. The number of hydrogen-bond acceptors (Lipinski definition) is 2. The Balaban J connectivity index is 2.40. The monoisotopic (exact) mass is 138 g/mol. The molecular formula is C7H12N3. The Bertz CT molecular complexity index is 169. The second-order valence-electron chi connectivity index (χ2n) is 2.33. The van der Waals surface area contributed by atoms with Crippen LogP contribution >= 0.6 is 0 Å². The van der Waals surface area contributed by atoms with Crippen molar-refractivity contribution in [1.82, 2.24) is 9.89 Å². The van der Waals surface area contributed by atoms with Gasteiger partial charge in [-0.1, -0.05) is 6.92 Å². The lowest BCUT2D eigenvalue weighted by atomic mass is 10.3. The molecule has 1 unspecified atom stereocenters. The maximum Gasteiger partial charge on any atom is 0.115 e. The van der Waals surface area contributed by atoms with E-state index in [1.54, 1.807) is 10.9 Å². The molecule has 0 amide bonds. The Morgan fingerprint density at radius 2 is 2.60 bits per heavy atom. The van der Waals surface area contributed by atoms with Gasteiger partial charge in [0.15, 0.2) is 0 Å². The largest absolute Gasteiger partial charge is 0.307 e. The zero-order valence-electron chi connectivity index (χ0n) is 6.33. The molecule has 0 saturated heterocycles. The van der Waals surface area contributed by atoms with E-state index in [-0.39, 0.29) is 0 Å². The average molecular weight is 138 g/mol. The maximum absolute atomic E-state index is 3.88. The van der Waals surface area contributed by atoms with Gasteiger partial charge in [0.05, 0.1) is 0 Å². The molecule has 1 aromatic heterocycles. The first-order valence-corrected chi connectivity index (χ1v) is 3.51. The molecule has 1 rings (SSSR count). The molecule has 10 heavy (non-hydrogen) atoms. The number of nitrogens with one attached hydrogen (secondary N) is 1. The van der Waals surface area contributed by atoms with Gasteiger partial charge in [-0.25, -0.2) is 0 Å². The van der Waals surface area contributed by atoms with Crippen molar-refractivity contribution in [2.24, 2.45) is 0 Å². The molecule has 1 aromatic rings. The molecule has 0 aliphatic carbocycles. The van der Waals surface area contributed by atoms with Crippen molar-refractivity contribution in [3.8, 4) is 0 Å². The molecule has 55 valence electrons. The van der Waals surface area contributed by atoms with E-state index < -0.39 is 0 Å². The summed E-state index contributed by atoms with van der Waals surface area (Å²) in [4.78, 5) is 1.67. The average Bonchev–Trinajstić information content (AvgIpc) is 2.40. The zero-order chi connectivity index (χ0) is 7.40. The van der Waals surface area contributed by atoms with Crippen molar-refractivity contribution in [3.05, 3.63) is 18.5 Å². The summed E-state index contributed by atoms with van der Waals surface area (Å²) in [7, 11) is 0. The third-order valence-corrected chi connectivity index (χ3v) is 1.42. The Labute approximate surface area is 61.0 Å². The summed E-state index contributed by atoms with van der Waals surface area (Å²) in [5.74, 6) is 0. The minimum atomic E-state index is 0.466. The van der Waals surface area contributed by atoms with Crippen LogP contribution < -0.4 is 5.43 Å². The van der Waals surface area contributed by atoms with Gasteiger partial charge in [-0.3, -0.25) is 0 Å². The molecule has 0 saturated carbocycles. The second kappa shape index (κ2) is 3.25. The van der Waals surface area contributed by atoms with E-state index in [9.17, 15) is 0 Å². The normalized spacial score (nSPS) is 13.0. The van der Waals surface area contributed by atoms with Crippen LogP contribution in [-0.4, -0.2) is 15.9 Å². The molecule has 3 nitrogen and oxygen atoms in total. The highest BCUT2D eigenvalue weighted by atomic mass is 15.6. The van der Waals surface area contributed by atoms with Crippen LogP contribution in [0.15, 0.2) is 12.3 Å². The lowest BCUT2D eigenvalue weighted by Gasteiger charge is -2.11. The molecule has 1 heterocycles. The Hall–Kier alpha value is -0.990. The van der Waals surface area contributed by atoms with E-state index in [2.05, 4.69) is 30.6 Å². The van der Waals surface area contributed by atoms with Crippen molar-refractivity contribution >= 4 is 0 Å². The minimum Gasteiger partial charge on any atom is -0.307 e. The quantitative estimate of drug-likeness (QED) is 0.676. The van der Waals surface area contributed by atoms with Gasteiger partial charge >= 0.3 is 0 Å². The van der Waals surface area contributed by atoms with E-state index in [1.807, 2.05) is 6.20 Å². The summed E-state index contributed by atoms with van der Waals surface area (Å²) in [5, 5.41) is 3.88. The highest BCUT2D eigenvalue weighted by Gasteiger charge is 1.95. The molecule has 1 atom stereocenters. The predicted molar refractivity (Wildman–Crippen MR) is 40.2 cm³/mol. The van der Waals surface area contributed by atoms with Crippen molar-refractivity contribution in [1.29, 1.82) is 0 Å². The number of aromatic nitrogens is 2. The fraction of sp³-hybridized carbons (Fsp3) is 0.571. The number of rotatable bonds is 3. The first-order chi connectivity index (χ1) is 4.83. The lowest BCUT2D eigenvalue weighted by Crippen LogP contribution is -2.24. The van der Waals surface area contributed by atoms with Gasteiger partial charge < -0.3 is 5.43 Å². The van der Waals surface area contributed by atoms with Crippen molar-refractivity contribution < 1.29 is 0 Å². The third-order valence-electron chi connectivity index (χ3n) is 1.42. The Morgan fingerprint density at radius 3 is 3.10 bits per heavy atom. The molecule has 3 heteroatoms. The first-order valence-electron chi connectivity index (χ1n) is 3.51. The minimum absolute atomic E-state index is 0.466. The van der Waals surface area contributed by atoms with E-state index in [0.29, 0.717) is 6.04 Å². The molecule has 0 aliphatic heterocycles. The van der Waals surface area contributed by atoms with Gasteiger partial charge in [0.25, 0.3) is 0 Å². The summed E-state index contributed by atoms with van der Waals surface area (Å²) < 4.78 is 0. The molecular weight excluding hydrogens is 126 g/mol. The molecule has 0 aliphatic rings. The van der Waals surface area contributed by atoms with Crippen LogP contribution in [0.25, 0.3) is 0 Å². The Kier molecular flexibility index (Phi) is 2.31. The van der Waals surface area contributed by atoms with E-state index in [0.717, 1.165) is 6.42 Å². The van der Waals surface area contributed by atoms with Crippen molar-refractivity contribution in [2.75, 3.05) is 5.43 Å². The summed E-state index contributed by atoms with van der Waals surface area (Å²) in [5.41, 5.74) is 3.15. The smallest absolute Gasteiger partial charge is 0.115 e. The fourth-order valence-corrected chi connectivity index (χ4v) is 0.622. The molecule has 0 fully saturated rings. The van der Waals surface area contributed by atoms with Crippen LogP contribution in [0.3, 0.4) is 0 Å². The van der Waals surface area contributed by atoms with Crippen LogP contribution in [-0.2, 0) is 0 Å². The van der Waals surface area contributed by atoms with Gasteiger partial charge in [-0.15, -0.1) is 0 Å². The first kappa shape index (κ1) is 7.12. The highest BCUT2D eigenvalue weighted by Crippen LogP contribution is 1.89. The third kappa shape index (κ3) is 1.76. The van der Waals surface area contributed by atoms with Crippen LogP contribution in [0.4, 0.5) is 0 Å². The van der Waals surface area contributed by atoms with E-state index in [1.165, 1.54) is 0 Å². The summed E-state index contributed by atoms with van der Waals surface area (Å²) >= 11 is 0. The molecule has 0 aromatic carbocycles. The number of nitrogens with zero attached hydrogens (tertiary/aromatic N) is 2. The van der Waals surface area contributed by atoms with Crippen LogP contribution in [0.1, 0.15) is 20.3 Å². The van der Waals surface area contributed by atoms with Crippen LogP contribution in [0.5, 0.6) is 0 Å². The molecule has 0 bridgehead atoms. The topological polar surface area (TPSA) is 29.9 Å². The van der Waals surface area contributed by atoms with Gasteiger partial charge in [-0.2, -0.15) is 9.89 Å². The maximum atomic E-state index is 3.88. The van der Waals surface area contributed by atoms with Crippen molar-refractivity contribution in [3.63, 3.8) is 0 Å². The Morgan fingerprint density at radius 1 is 1.80 bits per heavy atom. The summed E-state index contributed by atoms with van der Waals surface area (Å²) in [6, 6.07) is 2.24. The highest BCUT2D eigenvalue weighted by molar-refractivity contribution is 4.82. The molecule has 1 radical (unpaired) electrons. The molecule has 0 spiro atoms. The summed E-state index contributed by atoms with van der Waals surface area (Å²) in [6.07, 6.45) is 5.65. The standard InChI is InChI=1S/C7H12N3/c1-3-7(2)9-10-6-4-5-8-10/h4,6-7,9H,3H2,1-2H3. The van der Waals surface area contributed by atoms with Gasteiger partial charge in [0.2, 0.25) is 0 Å². The number of hydrogen-bond donors (Lipinski definition) is 1. The van der Waals surface area contributed by atoms with Crippen molar-refractivity contribution in [2.45, 2.75) is 26.3 Å². The molecule has 1 N–H and O–H groups in total. The van der Waals surface area contributed by atoms with Gasteiger partial charge in [0, 0.05) is 12.2 Å². The SMILES string of the molecule is CCC(C)Nn1cc[c]n1. The van der Waals surface area contributed by atoms with Crippen LogP contribution in [0, 0.1) is 6.20 Å².